The normalized spacial score (nSPS) is 24.5. The number of hydrogen-bond donors (Lipinski definition) is 1. The van der Waals surface area contributed by atoms with Gasteiger partial charge in [-0.15, -0.1) is 0 Å². The Morgan fingerprint density at radius 3 is 2.67 bits per heavy atom. The zero-order valence-electron chi connectivity index (χ0n) is 9.34. The van der Waals surface area contributed by atoms with Gasteiger partial charge in [-0.05, 0) is 43.9 Å². The third kappa shape index (κ3) is 1.44. The smallest absolute Gasteiger partial charge is 0.123 e. The second kappa shape index (κ2) is 2.56. The summed E-state index contributed by atoms with van der Waals surface area (Å²) in [6.45, 7) is 4.25. The average molecular weight is 203 g/mol. The Hall–Kier alpha value is -1.02. The zero-order valence-corrected chi connectivity index (χ0v) is 9.34. The monoisotopic (exact) mass is 203 g/mol. The summed E-state index contributed by atoms with van der Waals surface area (Å²) >= 11 is 0. The molecule has 1 aromatic rings. The molecule has 0 saturated heterocycles. The third-order valence-corrected chi connectivity index (χ3v) is 3.43. The molecular weight excluding hydrogens is 186 g/mol. The van der Waals surface area contributed by atoms with Gasteiger partial charge in [-0.1, -0.05) is 12.1 Å². The van der Waals surface area contributed by atoms with Gasteiger partial charge in [0.25, 0.3) is 0 Å². The molecule has 3 rings (SSSR count). The predicted molar refractivity (Wildman–Crippen MR) is 60.0 cm³/mol. The van der Waals surface area contributed by atoms with Crippen LogP contribution in [0.5, 0.6) is 5.75 Å². The second-order valence-electron chi connectivity index (χ2n) is 5.52. The van der Waals surface area contributed by atoms with Crippen LogP contribution in [0.4, 0.5) is 0 Å². The van der Waals surface area contributed by atoms with Crippen LogP contribution in [-0.2, 0) is 12.0 Å². The molecular formula is C13H17NO. The summed E-state index contributed by atoms with van der Waals surface area (Å²) < 4.78 is 5.84. The van der Waals surface area contributed by atoms with Gasteiger partial charge >= 0.3 is 0 Å². The first-order valence-electron chi connectivity index (χ1n) is 5.60. The highest BCUT2D eigenvalue weighted by molar-refractivity contribution is 5.45. The van der Waals surface area contributed by atoms with Gasteiger partial charge in [-0.2, -0.15) is 0 Å². The lowest BCUT2D eigenvalue weighted by Crippen LogP contribution is -2.24. The van der Waals surface area contributed by atoms with Crippen molar-refractivity contribution in [1.82, 2.24) is 0 Å². The van der Waals surface area contributed by atoms with Crippen molar-refractivity contribution in [3.63, 3.8) is 0 Å². The molecule has 0 aromatic heterocycles. The lowest BCUT2D eigenvalue weighted by molar-refractivity contribution is 0.138. The molecule has 1 saturated carbocycles. The quantitative estimate of drug-likeness (QED) is 0.760. The molecule has 80 valence electrons. The highest BCUT2D eigenvalue weighted by Gasteiger charge is 2.41. The maximum atomic E-state index is 6.19. The molecule has 2 nitrogen and oxygen atoms in total. The molecule has 1 aliphatic carbocycles. The van der Waals surface area contributed by atoms with Crippen molar-refractivity contribution < 1.29 is 4.74 Å². The minimum atomic E-state index is -0.0493. The molecule has 1 fully saturated rings. The maximum absolute atomic E-state index is 6.19. The number of fused-ring (bicyclic) bond motifs is 1. The number of rotatable bonds is 1. The van der Waals surface area contributed by atoms with Crippen molar-refractivity contribution in [2.45, 2.75) is 44.2 Å². The Morgan fingerprint density at radius 1 is 1.27 bits per heavy atom. The minimum Gasteiger partial charge on any atom is -0.487 e. The van der Waals surface area contributed by atoms with E-state index in [4.69, 9.17) is 10.5 Å². The van der Waals surface area contributed by atoms with Gasteiger partial charge in [0, 0.05) is 12.0 Å². The van der Waals surface area contributed by atoms with E-state index in [2.05, 4.69) is 32.0 Å². The Bertz CT molecular complexity index is 419. The van der Waals surface area contributed by atoms with E-state index in [9.17, 15) is 0 Å². The summed E-state index contributed by atoms with van der Waals surface area (Å²) in [5.41, 5.74) is 8.71. The lowest BCUT2D eigenvalue weighted by Gasteiger charge is -2.16. The van der Waals surface area contributed by atoms with E-state index in [0.29, 0.717) is 0 Å². The molecule has 2 heteroatoms. The average Bonchev–Trinajstić information content (AvgIpc) is 2.78. The number of hydrogen-bond acceptors (Lipinski definition) is 2. The first-order valence-corrected chi connectivity index (χ1v) is 5.60. The molecule has 1 aromatic carbocycles. The summed E-state index contributed by atoms with van der Waals surface area (Å²) in [4.78, 5) is 0. The molecule has 1 heterocycles. The fourth-order valence-corrected chi connectivity index (χ4v) is 2.34. The van der Waals surface area contributed by atoms with Crippen LogP contribution in [0.25, 0.3) is 0 Å². The van der Waals surface area contributed by atoms with Crippen molar-refractivity contribution in [2.24, 2.45) is 5.73 Å². The van der Waals surface area contributed by atoms with Crippen molar-refractivity contribution in [3.8, 4) is 5.75 Å². The van der Waals surface area contributed by atoms with Gasteiger partial charge in [0.2, 0.25) is 0 Å². The van der Waals surface area contributed by atoms with Crippen LogP contribution in [-0.4, -0.2) is 5.60 Å². The van der Waals surface area contributed by atoms with E-state index in [1.165, 1.54) is 11.1 Å². The predicted octanol–water partition coefficient (Wildman–Crippen LogP) is 2.35. The van der Waals surface area contributed by atoms with Gasteiger partial charge in [0.15, 0.2) is 0 Å². The molecule has 0 amide bonds. The van der Waals surface area contributed by atoms with E-state index < -0.39 is 0 Å². The maximum Gasteiger partial charge on any atom is 0.123 e. The van der Waals surface area contributed by atoms with E-state index in [-0.39, 0.29) is 11.1 Å². The summed E-state index contributed by atoms with van der Waals surface area (Å²) in [5.74, 6) is 1.04. The molecule has 0 bridgehead atoms. The largest absolute Gasteiger partial charge is 0.487 e. The highest BCUT2D eigenvalue weighted by Crippen LogP contribution is 2.45. The molecule has 2 N–H and O–H groups in total. The van der Waals surface area contributed by atoms with Crippen molar-refractivity contribution in [2.75, 3.05) is 0 Å². The van der Waals surface area contributed by atoms with E-state index in [1.807, 2.05) is 0 Å². The molecule has 0 radical (unpaired) electrons. The van der Waals surface area contributed by atoms with Gasteiger partial charge in [-0.3, -0.25) is 0 Å². The summed E-state index contributed by atoms with van der Waals surface area (Å²) in [5, 5.41) is 0. The fourth-order valence-electron chi connectivity index (χ4n) is 2.34. The summed E-state index contributed by atoms with van der Waals surface area (Å²) in [6.07, 6.45) is 3.23. The van der Waals surface area contributed by atoms with Gasteiger partial charge in [0.1, 0.15) is 11.4 Å². The van der Waals surface area contributed by atoms with Crippen LogP contribution >= 0.6 is 0 Å². The van der Waals surface area contributed by atoms with E-state index >= 15 is 0 Å². The molecule has 1 aliphatic heterocycles. The lowest BCUT2D eigenvalue weighted by atomic mass is 9.97. The van der Waals surface area contributed by atoms with Crippen molar-refractivity contribution >= 4 is 0 Å². The van der Waals surface area contributed by atoms with E-state index in [0.717, 1.165) is 25.0 Å². The van der Waals surface area contributed by atoms with Gasteiger partial charge < -0.3 is 10.5 Å². The Balaban J connectivity index is 1.99. The summed E-state index contributed by atoms with van der Waals surface area (Å²) in [7, 11) is 0. The van der Waals surface area contributed by atoms with Crippen LogP contribution in [0.1, 0.15) is 37.8 Å². The van der Waals surface area contributed by atoms with Crippen LogP contribution in [0.15, 0.2) is 18.2 Å². The second-order valence-corrected chi connectivity index (χ2v) is 5.52. The first kappa shape index (κ1) is 9.22. The molecule has 0 spiro atoms. The van der Waals surface area contributed by atoms with Gasteiger partial charge in [-0.25, -0.2) is 0 Å². The van der Waals surface area contributed by atoms with Crippen LogP contribution in [0, 0.1) is 0 Å². The first-order chi connectivity index (χ1) is 6.99. The molecule has 0 atom stereocenters. The fraction of sp³-hybridized carbons (Fsp3) is 0.538. The standard InChI is InChI=1S/C13H17NO/c1-12(2)8-9-7-10(13(14)5-6-13)3-4-11(9)15-12/h3-4,7H,5-6,8,14H2,1-2H3. The number of benzene rings is 1. The Morgan fingerprint density at radius 2 is 2.00 bits per heavy atom. The topological polar surface area (TPSA) is 35.2 Å². The number of ether oxygens (including phenoxy) is 1. The van der Waals surface area contributed by atoms with Gasteiger partial charge in [0.05, 0.1) is 0 Å². The Kier molecular flexibility index (Phi) is 1.57. The SMILES string of the molecule is CC1(C)Cc2cc(C3(N)CC3)ccc2O1. The van der Waals surface area contributed by atoms with Crippen molar-refractivity contribution in [3.05, 3.63) is 29.3 Å². The summed E-state index contributed by atoms with van der Waals surface area (Å²) in [6, 6.07) is 6.43. The minimum absolute atomic E-state index is 0.0260. The molecule has 15 heavy (non-hydrogen) atoms. The van der Waals surface area contributed by atoms with Crippen LogP contribution in [0.2, 0.25) is 0 Å². The Labute approximate surface area is 90.4 Å². The van der Waals surface area contributed by atoms with Crippen LogP contribution < -0.4 is 10.5 Å². The highest BCUT2D eigenvalue weighted by atomic mass is 16.5. The van der Waals surface area contributed by atoms with Crippen molar-refractivity contribution in [1.29, 1.82) is 0 Å². The van der Waals surface area contributed by atoms with Crippen LogP contribution in [0.3, 0.4) is 0 Å². The van der Waals surface area contributed by atoms with E-state index in [1.54, 1.807) is 0 Å². The molecule has 0 unspecified atom stereocenters. The third-order valence-electron chi connectivity index (χ3n) is 3.43. The zero-order chi connectivity index (χ0) is 10.7. The number of nitrogens with two attached hydrogens (primary N) is 1. The molecule has 2 aliphatic rings.